The first-order valence-electron chi connectivity index (χ1n) is 8.29. The zero-order valence-corrected chi connectivity index (χ0v) is 14.7. The molecule has 0 atom stereocenters. The SMILES string of the molecule is CC(C)c1cc(CC(=O)C(=O)c2ccccc2O)cc(C(C)C)c1. The van der Waals surface area contributed by atoms with E-state index in [1.54, 1.807) is 12.1 Å². The maximum atomic E-state index is 12.4. The Hall–Kier alpha value is -2.42. The molecule has 3 heteroatoms. The number of para-hydroxylation sites is 1. The molecule has 0 saturated heterocycles. The molecule has 0 heterocycles. The van der Waals surface area contributed by atoms with Crippen LogP contribution in [0.5, 0.6) is 5.75 Å². The third-order valence-electron chi connectivity index (χ3n) is 4.14. The molecule has 24 heavy (non-hydrogen) atoms. The zero-order valence-electron chi connectivity index (χ0n) is 14.7. The monoisotopic (exact) mass is 324 g/mol. The summed E-state index contributed by atoms with van der Waals surface area (Å²) >= 11 is 0. The summed E-state index contributed by atoms with van der Waals surface area (Å²) in [5, 5.41) is 9.76. The highest BCUT2D eigenvalue weighted by molar-refractivity contribution is 6.44. The van der Waals surface area contributed by atoms with Gasteiger partial charge in [0.2, 0.25) is 11.6 Å². The maximum Gasteiger partial charge on any atom is 0.232 e. The van der Waals surface area contributed by atoms with Crippen LogP contribution in [0.15, 0.2) is 42.5 Å². The number of Topliss-reactive ketones (excluding diaryl/α,β-unsaturated/α-hetero) is 2. The minimum atomic E-state index is -0.644. The fourth-order valence-corrected chi connectivity index (χ4v) is 2.60. The van der Waals surface area contributed by atoms with Gasteiger partial charge >= 0.3 is 0 Å². The Morgan fingerprint density at radius 1 is 0.917 bits per heavy atom. The number of benzene rings is 2. The molecule has 2 rings (SSSR count). The number of rotatable bonds is 6. The Balaban J connectivity index is 2.28. The van der Waals surface area contributed by atoms with Crippen LogP contribution in [0.25, 0.3) is 0 Å². The molecule has 3 nitrogen and oxygen atoms in total. The van der Waals surface area contributed by atoms with Crippen LogP contribution < -0.4 is 0 Å². The number of phenols is 1. The number of hydrogen-bond acceptors (Lipinski definition) is 3. The minimum absolute atomic E-state index is 0.0491. The summed E-state index contributed by atoms with van der Waals surface area (Å²) < 4.78 is 0. The van der Waals surface area contributed by atoms with Crippen LogP contribution in [0.2, 0.25) is 0 Å². The third-order valence-corrected chi connectivity index (χ3v) is 4.14. The highest BCUT2D eigenvalue weighted by Gasteiger charge is 2.20. The molecule has 0 aromatic heterocycles. The minimum Gasteiger partial charge on any atom is -0.507 e. The first-order chi connectivity index (χ1) is 11.3. The molecule has 0 unspecified atom stereocenters. The van der Waals surface area contributed by atoms with Crippen LogP contribution in [-0.2, 0) is 11.2 Å². The van der Waals surface area contributed by atoms with Gasteiger partial charge in [-0.2, -0.15) is 0 Å². The van der Waals surface area contributed by atoms with E-state index in [-0.39, 0.29) is 17.7 Å². The summed E-state index contributed by atoms with van der Waals surface area (Å²) in [4.78, 5) is 24.7. The third kappa shape index (κ3) is 4.10. The number of hydrogen-bond donors (Lipinski definition) is 1. The van der Waals surface area contributed by atoms with Crippen LogP contribution in [0.4, 0.5) is 0 Å². The fourth-order valence-electron chi connectivity index (χ4n) is 2.60. The molecule has 0 aliphatic heterocycles. The van der Waals surface area contributed by atoms with Crippen molar-refractivity contribution in [3.8, 4) is 5.75 Å². The molecule has 0 amide bonds. The van der Waals surface area contributed by atoms with Gasteiger partial charge in [-0.3, -0.25) is 9.59 Å². The Labute approximate surface area is 143 Å². The molecule has 2 aromatic carbocycles. The zero-order chi connectivity index (χ0) is 17.9. The van der Waals surface area contributed by atoms with Crippen molar-refractivity contribution < 1.29 is 14.7 Å². The van der Waals surface area contributed by atoms with Crippen molar-refractivity contribution in [3.05, 3.63) is 64.7 Å². The number of phenolic OH excluding ortho intramolecular Hbond substituents is 1. The molecular weight excluding hydrogens is 300 g/mol. The van der Waals surface area contributed by atoms with E-state index in [0.29, 0.717) is 11.8 Å². The quantitative estimate of drug-likeness (QED) is 0.622. The molecule has 0 aliphatic carbocycles. The second-order valence-electron chi connectivity index (χ2n) is 6.76. The van der Waals surface area contributed by atoms with E-state index < -0.39 is 11.6 Å². The van der Waals surface area contributed by atoms with Gasteiger partial charge in [0.1, 0.15) is 5.75 Å². The molecule has 0 saturated carbocycles. The maximum absolute atomic E-state index is 12.4. The van der Waals surface area contributed by atoms with Gasteiger partial charge in [-0.1, -0.05) is 58.0 Å². The molecule has 126 valence electrons. The van der Waals surface area contributed by atoms with Crippen LogP contribution >= 0.6 is 0 Å². The Morgan fingerprint density at radius 3 is 1.96 bits per heavy atom. The van der Waals surface area contributed by atoms with E-state index in [1.807, 2.05) is 12.1 Å². The number of carbonyl (C=O) groups is 2. The molecule has 0 radical (unpaired) electrons. The standard InChI is InChI=1S/C21H24O3/c1-13(2)16-9-15(10-17(12-16)14(3)4)11-20(23)21(24)18-7-5-6-8-19(18)22/h5-10,12-14,22H,11H2,1-4H3. The summed E-state index contributed by atoms with van der Waals surface area (Å²) in [5.74, 6) is -0.603. The topological polar surface area (TPSA) is 54.4 Å². The average Bonchev–Trinajstić information content (AvgIpc) is 2.54. The van der Waals surface area contributed by atoms with Crippen molar-refractivity contribution >= 4 is 11.6 Å². The van der Waals surface area contributed by atoms with Gasteiger partial charge in [0.15, 0.2) is 0 Å². The molecule has 0 bridgehead atoms. The number of aromatic hydroxyl groups is 1. The van der Waals surface area contributed by atoms with Crippen molar-refractivity contribution in [2.75, 3.05) is 0 Å². The fraction of sp³-hybridized carbons (Fsp3) is 0.333. The smallest absolute Gasteiger partial charge is 0.232 e. The lowest BCUT2D eigenvalue weighted by atomic mass is 9.91. The van der Waals surface area contributed by atoms with E-state index in [2.05, 4.69) is 33.8 Å². The molecular formula is C21H24O3. The average molecular weight is 324 g/mol. The van der Waals surface area contributed by atoms with Crippen molar-refractivity contribution in [1.82, 2.24) is 0 Å². The normalized spacial score (nSPS) is 11.1. The van der Waals surface area contributed by atoms with Gasteiger partial charge in [-0.15, -0.1) is 0 Å². The van der Waals surface area contributed by atoms with Gasteiger partial charge in [-0.05, 0) is 40.7 Å². The summed E-state index contributed by atoms with van der Waals surface area (Å²) in [5.41, 5.74) is 3.24. The van der Waals surface area contributed by atoms with Crippen LogP contribution in [0.1, 0.15) is 66.6 Å². The lowest BCUT2D eigenvalue weighted by Gasteiger charge is -2.14. The Morgan fingerprint density at radius 2 is 1.46 bits per heavy atom. The Kier molecular flexibility index (Phi) is 5.55. The van der Waals surface area contributed by atoms with Crippen molar-refractivity contribution in [2.45, 2.75) is 46.0 Å². The van der Waals surface area contributed by atoms with Gasteiger partial charge in [0, 0.05) is 6.42 Å². The van der Waals surface area contributed by atoms with Crippen LogP contribution in [0.3, 0.4) is 0 Å². The lowest BCUT2D eigenvalue weighted by molar-refractivity contribution is -0.114. The highest BCUT2D eigenvalue weighted by Crippen LogP contribution is 2.24. The lowest BCUT2D eigenvalue weighted by Crippen LogP contribution is -2.17. The summed E-state index contributed by atoms with van der Waals surface area (Å²) in [6.07, 6.45) is 0.0491. The van der Waals surface area contributed by atoms with Crippen LogP contribution in [0, 0.1) is 0 Å². The first-order valence-corrected chi connectivity index (χ1v) is 8.29. The van der Waals surface area contributed by atoms with Gasteiger partial charge in [0.25, 0.3) is 0 Å². The Bertz CT molecular complexity index is 731. The van der Waals surface area contributed by atoms with Crippen LogP contribution in [-0.4, -0.2) is 16.7 Å². The number of ketones is 2. The van der Waals surface area contributed by atoms with Gasteiger partial charge in [-0.25, -0.2) is 0 Å². The second kappa shape index (κ2) is 7.43. The number of carbonyl (C=O) groups excluding carboxylic acids is 2. The molecule has 2 aromatic rings. The largest absolute Gasteiger partial charge is 0.507 e. The molecule has 1 N–H and O–H groups in total. The summed E-state index contributed by atoms with van der Waals surface area (Å²) in [6.45, 7) is 8.44. The first kappa shape index (κ1) is 17.9. The second-order valence-corrected chi connectivity index (χ2v) is 6.76. The van der Waals surface area contributed by atoms with E-state index >= 15 is 0 Å². The van der Waals surface area contributed by atoms with E-state index in [9.17, 15) is 14.7 Å². The highest BCUT2D eigenvalue weighted by atomic mass is 16.3. The van der Waals surface area contributed by atoms with E-state index in [0.717, 1.165) is 5.56 Å². The van der Waals surface area contributed by atoms with Crippen molar-refractivity contribution in [2.24, 2.45) is 0 Å². The van der Waals surface area contributed by atoms with Crippen molar-refractivity contribution in [1.29, 1.82) is 0 Å². The van der Waals surface area contributed by atoms with Crippen molar-refractivity contribution in [3.63, 3.8) is 0 Å². The molecule has 0 spiro atoms. The van der Waals surface area contributed by atoms with E-state index in [4.69, 9.17) is 0 Å². The van der Waals surface area contributed by atoms with Gasteiger partial charge < -0.3 is 5.11 Å². The summed E-state index contributed by atoms with van der Waals surface area (Å²) in [6, 6.07) is 12.3. The van der Waals surface area contributed by atoms with Gasteiger partial charge in [0.05, 0.1) is 5.56 Å². The van der Waals surface area contributed by atoms with E-state index in [1.165, 1.54) is 23.3 Å². The molecule has 0 aliphatic rings. The predicted octanol–water partition coefficient (Wildman–Crippen LogP) is 4.63. The summed E-state index contributed by atoms with van der Waals surface area (Å²) in [7, 11) is 0. The molecule has 0 fully saturated rings. The predicted molar refractivity (Wildman–Crippen MR) is 95.8 cm³/mol.